The highest BCUT2D eigenvalue weighted by Gasteiger charge is 2.02. The molecule has 2 heteroatoms. The second kappa shape index (κ2) is 17.6. The van der Waals surface area contributed by atoms with Crippen LogP contribution in [0, 0.1) is 5.92 Å². The third kappa shape index (κ3) is 19.2. The maximum Gasteiger partial charge on any atom is 0.305 e. The molecule has 0 N–H and O–H groups in total. The van der Waals surface area contributed by atoms with Gasteiger partial charge in [0, 0.05) is 6.42 Å². The summed E-state index contributed by atoms with van der Waals surface area (Å²) in [5.74, 6) is 0.742. The Morgan fingerprint density at radius 2 is 1.52 bits per heavy atom. The smallest absolute Gasteiger partial charge is 0.305 e. The molecule has 0 fully saturated rings. The van der Waals surface area contributed by atoms with Crippen LogP contribution < -0.4 is 0 Å². The van der Waals surface area contributed by atoms with Gasteiger partial charge in [0.15, 0.2) is 0 Å². The van der Waals surface area contributed by atoms with Gasteiger partial charge in [-0.1, -0.05) is 71.4 Å². The Morgan fingerprint density at radius 1 is 0.870 bits per heavy atom. The SMILES string of the molecule is CCCCC=CCCCCCCCC(=O)OCCCCC(C)C. The van der Waals surface area contributed by atoms with Gasteiger partial charge < -0.3 is 4.74 Å². The number of ether oxygens (including phenoxy) is 1. The predicted molar refractivity (Wildman–Crippen MR) is 101 cm³/mol. The Balaban J connectivity index is 3.22. The molecule has 0 heterocycles. The lowest BCUT2D eigenvalue weighted by atomic mass is 10.1. The second-order valence-electron chi connectivity index (χ2n) is 7.03. The van der Waals surface area contributed by atoms with Crippen molar-refractivity contribution in [3.63, 3.8) is 0 Å². The minimum Gasteiger partial charge on any atom is -0.466 e. The third-order valence-corrected chi connectivity index (χ3v) is 4.08. The fourth-order valence-electron chi connectivity index (χ4n) is 2.53. The summed E-state index contributed by atoms with van der Waals surface area (Å²) < 4.78 is 5.27. The van der Waals surface area contributed by atoms with Crippen LogP contribution in [0.5, 0.6) is 0 Å². The summed E-state index contributed by atoms with van der Waals surface area (Å²) in [5, 5.41) is 0. The summed E-state index contributed by atoms with van der Waals surface area (Å²) in [4.78, 5) is 11.6. The standard InChI is InChI=1S/C21H40O2/c1-4-5-6-7-8-9-10-11-12-13-14-18-21(22)23-19-16-15-17-20(2)3/h7-8,20H,4-6,9-19H2,1-3H3. The van der Waals surface area contributed by atoms with E-state index in [1.807, 2.05) is 0 Å². The molecule has 2 nitrogen and oxygen atoms in total. The lowest BCUT2D eigenvalue weighted by Crippen LogP contribution is -2.05. The molecule has 0 saturated heterocycles. The van der Waals surface area contributed by atoms with Gasteiger partial charge in [0.2, 0.25) is 0 Å². The molecule has 0 aliphatic rings. The number of unbranched alkanes of at least 4 members (excludes halogenated alkanes) is 8. The van der Waals surface area contributed by atoms with Crippen molar-refractivity contribution in [1.29, 1.82) is 0 Å². The first kappa shape index (κ1) is 22.2. The molecule has 136 valence electrons. The van der Waals surface area contributed by atoms with Gasteiger partial charge in [0.05, 0.1) is 6.61 Å². The van der Waals surface area contributed by atoms with Crippen LogP contribution in [-0.4, -0.2) is 12.6 Å². The molecule has 0 saturated carbocycles. The van der Waals surface area contributed by atoms with Crippen LogP contribution >= 0.6 is 0 Å². The van der Waals surface area contributed by atoms with E-state index in [1.165, 1.54) is 51.4 Å². The zero-order valence-electron chi connectivity index (χ0n) is 15.9. The molecule has 23 heavy (non-hydrogen) atoms. The number of allylic oxidation sites excluding steroid dienone is 2. The van der Waals surface area contributed by atoms with Gasteiger partial charge in [-0.2, -0.15) is 0 Å². The molecule has 0 aromatic carbocycles. The topological polar surface area (TPSA) is 26.3 Å². The van der Waals surface area contributed by atoms with Gasteiger partial charge in [0.1, 0.15) is 0 Å². The van der Waals surface area contributed by atoms with Crippen LogP contribution in [0.25, 0.3) is 0 Å². The molecule has 0 aliphatic heterocycles. The van der Waals surface area contributed by atoms with Gasteiger partial charge in [-0.3, -0.25) is 4.79 Å². The van der Waals surface area contributed by atoms with Crippen molar-refractivity contribution in [2.75, 3.05) is 6.61 Å². The van der Waals surface area contributed by atoms with Crippen molar-refractivity contribution in [1.82, 2.24) is 0 Å². The van der Waals surface area contributed by atoms with E-state index >= 15 is 0 Å². The summed E-state index contributed by atoms with van der Waals surface area (Å²) in [5.41, 5.74) is 0. The van der Waals surface area contributed by atoms with Crippen molar-refractivity contribution in [2.45, 2.75) is 104 Å². The van der Waals surface area contributed by atoms with E-state index in [2.05, 4.69) is 32.9 Å². The zero-order chi connectivity index (χ0) is 17.2. The Bertz CT molecular complexity index is 282. The lowest BCUT2D eigenvalue weighted by molar-refractivity contribution is -0.143. The molecule has 0 bridgehead atoms. The van der Waals surface area contributed by atoms with Crippen LogP contribution in [0.15, 0.2) is 12.2 Å². The molecule has 0 radical (unpaired) electrons. The van der Waals surface area contributed by atoms with Crippen LogP contribution in [0.2, 0.25) is 0 Å². The number of hydrogen-bond donors (Lipinski definition) is 0. The third-order valence-electron chi connectivity index (χ3n) is 4.08. The Labute approximate surface area is 145 Å². The van der Waals surface area contributed by atoms with Crippen molar-refractivity contribution in [3.8, 4) is 0 Å². The van der Waals surface area contributed by atoms with Crippen LogP contribution in [0.3, 0.4) is 0 Å². The maximum atomic E-state index is 11.6. The second-order valence-corrected chi connectivity index (χ2v) is 7.03. The van der Waals surface area contributed by atoms with Crippen LogP contribution in [-0.2, 0) is 9.53 Å². The molecular formula is C21H40O2. The molecule has 0 atom stereocenters. The summed E-state index contributed by atoms with van der Waals surface area (Å²) in [6, 6.07) is 0. The summed E-state index contributed by atoms with van der Waals surface area (Å²) >= 11 is 0. The lowest BCUT2D eigenvalue weighted by Gasteiger charge is -2.06. The fourth-order valence-corrected chi connectivity index (χ4v) is 2.53. The first-order valence-electron chi connectivity index (χ1n) is 9.97. The van der Waals surface area contributed by atoms with Gasteiger partial charge in [-0.05, 0) is 44.4 Å². The Hall–Kier alpha value is -0.790. The summed E-state index contributed by atoms with van der Waals surface area (Å²) in [6.45, 7) is 7.30. The van der Waals surface area contributed by atoms with E-state index in [9.17, 15) is 4.79 Å². The maximum absolute atomic E-state index is 11.6. The number of esters is 1. The normalized spacial score (nSPS) is 11.5. The number of rotatable bonds is 16. The highest BCUT2D eigenvalue weighted by Crippen LogP contribution is 2.10. The number of carbonyl (C=O) groups excluding carboxylic acids is 1. The molecule has 0 spiro atoms. The highest BCUT2D eigenvalue weighted by molar-refractivity contribution is 5.69. The van der Waals surface area contributed by atoms with Crippen molar-refractivity contribution < 1.29 is 9.53 Å². The average molecular weight is 325 g/mol. The van der Waals surface area contributed by atoms with Gasteiger partial charge in [0.25, 0.3) is 0 Å². The largest absolute Gasteiger partial charge is 0.466 e. The van der Waals surface area contributed by atoms with Crippen molar-refractivity contribution in [3.05, 3.63) is 12.2 Å². The first-order valence-corrected chi connectivity index (χ1v) is 9.97. The van der Waals surface area contributed by atoms with E-state index < -0.39 is 0 Å². The van der Waals surface area contributed by atoms with Gasteiger partial charge in [-0.25, -0.2) is 0 Å². The monoisotopic (exact) mass is 324 g/mol. The molecular weight excluding hydrogens is 284 g/mol. The summed E-state index contributed by atoms with van der Waals surface area (Å²) in [7, 11) is 0. The Morgan fingerprint density at radius 3 is 2.22 bits per heavy atom. The average Bonchev–Trinajstić information content (AvgIpc) is 2.52. The van der Waals surface area contributed by atoms with Gasteiger partial charge in [-0.15, -0.1) is 0 Å². The molecule has 0 aromatic heterocycles. The molecule has 0 rings (SSSR count). The van der Waals surface area contributed by atoms with E-state index in [-0.39, 0.29) is 5.97 Å². The number of carbonyl (C=O) groups is 1. The van der Waals surface area contributed by atoms with E-state index in [1.54, 1.807) is 0 Å². The van der Waals surface area contributed by atoms with E-state index in [0.717, 1.165) is 31.6 Å². The zero-order valence-corrected chi connectivity index (χ0v) is 15.9. The fraction of sp³-hybridized carbons (Fsp3) is 0.857. The molecule has 0 unspecified atom stereocenters. The minimum absolute atomic E-state index is 0.00611. The molecule has 0 aliphatic carbocycles. The molecule has 0 aromatic rings. The minimum atomic E-state index is -0.00611. The highest BCUT2D eigenvalue weighted by atomic mass is 16.5. The van der Waals surface area contributed by atoms with Crippen molar-refractivity contribution >= 4 is 5.97 Å². The van der Waals surface area contributed by atoms with Crippen molar-refractivity contribution in [2.24, 2.45) is 5.92 Å². The van der Waals surface area contributed by atoms with E-state index in [0.29, 0.717) is 13.0 Å². The van der Waals surface area contributed by atoms with E-state index in [4.69, 9.17) is 4.74 Å². The van der Waals surface area contributed by atoms with Crippen LogP contribution in [0.1, 0.15) is 104 Å². The van der Waals surface area contributed by atoms with Gasteiger partial charge >= 0.3 is 5.97 Å². The Kier molecular flexibility index (Phi) is 17.0. The molecule has 0 amide bonds. The summed E-state index contributed by atoms with van der Waals surface area (Å²) in [6.07, 6.45) is 19.6. The number of hydrogen-bond acceptors (Lipinski definition) is 2. The predicted octanol–water partition coefficient (Wildman–Crippen LogP) is 6.83. The first-order chi connectivity index (χ1) is 11.2. The quantitative estimate of drug-likeness (QED) is 0.177. The van der Waals surface area contributed by atoms with Crippen LogP contribution in [0.4, 0.5) is 0 Å².